The Balaban J connectivity index is 1.27. The molecule has 0 bridgehead atoms. The number of ether oxygens (including phenoxy) is 4. The van der Waals surface area contributed by atoms with Gasteiger partial charge in [-0.2, -0.15) is 0 Å². The van der Waals surface area contributed by atoms with Gasteiger partial charge in [0.05, 0.1) is 37.1 Å². The summed E-state index contributed by atoms with van der Waals surface area (Å²) in [7, 11) is 4.70. The molecule has 10 heteroatoms. The Hall–Kier alpha value is -6.13. The maximum Gasteiger partial charge on any atom is 0.271 e. The molecule has 9 nitrogen and oxygen atoms in total. The van der Waals surface area contributed by atoms with E-state index in [0.717, 1.165) is 21.9 Å². The highest BCUT2D eigenvalue weighted by Crippen LogP contribution is 2.38. The number of rotatable bonds is 10. The average molecular weight is 698 g/mol. The molecule has 1 amide bonds. The molecule has 6 aromatic rings. The van der Waals surface area contributed by atoms with Crippen molar-refractivity contribution >= 4 is 39.8 Å². The summed E-state index contributed by atoms with van der Waals surface area (Å²) in [5, 5.41) is 5.26. The minimum Gasteiger partial charge on any atom is -0.497 e. The van der Waals surface area contributed by atoms with Crippen LogP contribution in [0.25, 0.3) is 16.8 Å². The molecular weight excluding hydrogens is 663 g/mol. The van der Waals surface area contributed by atoms with E-state index >= 15 is 0 Å². The van der Waals surface area contributed by atoms with Crippen LogP contribution in [-0.2, 0) is 11.4 Å². The van der Waals surface area contributed by atoms with Crippen LogP contribution < -0.4 is 39.2 Å². The summed E-state index contributed by atoms with van der Waals surface area (Å²) < 4.78 is 25.2. The minimum atomic E-state index is -0.827. The fraction of sp³-hybridized carbons (Fsp3) is 0.146. The van der Waals surface area contributed by atoms with E-state index in [4.69, 9.17) is 23.9 Å². The summed E-state index contributed by atoms with van der Waals surface area (Å²) in [5.74, 6) is 1.80. The van der Waals surface area contributed by atoms with Gasteiger partial charge in [-0.15, -0.1) is 0 Å². The van der Waals surface area contributed by atoms with Crippen molar-refractivity contribution in [1.82, 2.24) is 4.57 Å². The number of hydrogen-bond donors (Lipinski definition) is 1. The van der Waals surface area contributed by atoms with E-state index in [9.17, 15) is 9.59 Å². The second-order valence-corrected chi connectivity index (χ2v) is 12.9. The zero-order valence-corrected chi connectivity index (χ0v) is 29.3. The molecule has 1 aliphatic heterocycles. The van der Waals surface area contributed by atoms with E-state index in [1.54, 1.807) is 63.2 Å². The van der Waals surface area contributed by atoms with E-state index in [0.29, 0.717) is 61.5 Å². The van der Waals surface area contributed by atoms with Crippen LogP contribution in [0.15, 0.2) is 130 Å². The predicted octanol–water partition coefficient (Wildman–Crippen LogP) is 6.63. The quantitative estimate of drug-likeness (QED) is 0.173. The number of fused-ring (bicyclic) bond motifs is 2. The predicted molar refractivity (Wildman–Crippen MR) is 200 cm³/mol. The van der Waals surface area contributed by atoms with Gasteiger partial charge in [-0.05, 0) is 71.3 Å². The van der Waals surface area contributed by atoms with Gasteiger partial charge in [-0.25, -0.2) is 4.99 Å². The zero-order valence-electron chi connectivity index (χ0n) is 28.5. The third-order valence-electron chi connectivity index (χ3n) is 8.78. The van der Waals surface area contributed by atoms with Gasteiger partial charge in [0.25, 0.3) is 11.5 Å². The van der Waals surface area contributed by atoms with Crippen molar-refractivity contribution in [2.45, 2.75) is 19.6 Å². The van der Waals surface area contributed by atoms with Crippen molar-refractivity contribution in [1.29, 1.82) is 0 Å². The first-order valence-corrected chi connectivity index (χ1v) is 17.1. The van der Waals surface area contributed by atoms with E-state index < -0.39 is 6.04 Å². The van der Waals surface area contributed by atoms with Crippen molar-refractivity contribution in [3.8, 4) is 23.0 Å². The van der Waals surface area contributed by atoms with E-state index in [1.165, 1.54) is 11.3 Å². The Kier molecular flexibility index (Phi) is 9.41. The molecule has 0 unspecified atom stereocenters. The first-order chi connectivity index (χ1) is 24.9. The normalized spacial score (nSPS) is 14.1. The van der Waals surface area contributed by atoms with Crippen LogP contribution >= 0.6 is 11.3 Å². The Morgan fingerprint density at radius 1 is 0.843 bits per heavy atom. The van der Waals surface area contributed by atoms with Crippen molar-refractivity contribution in [3.63, 3.8) is 0 Å². The number of nitrogens with zero attached hydrogens (tertiary/aromatic N) is 2. The van der Waals surface area contributed by atoms with Crippen molar-refractivity contribution in [2.75, 3.05) is 26.6 Å². The number of methoxy groups -OCH3 is 3. The molecule has 5 aromatic carbocycles. The van der Waals surface area contributed by atoms with Gasteiger partial charge in [0.15, 0.2) is 16.3 Å². The summed E-state index contributed by atoms with van der Waals surface area (Å²) in [6.07, 6.45) is 1.80. The number of para-hydroxylation sites is 1. The lowest BCUT2D eigenvalue weighted by Gasteiger charge is -2.26. The molecule has 256 valence electrons. The lowest BCUT2D eigenvalue weighted by atomic mass is 9.94. The van der Waals surface area contributed by atoms with Crippen LogP contribution in [0.2, 0.25) is 0 Å². The monoisotopic (exact) mass is 697 g/mol. The number of amides is 1. The highest BCUT2D eigenvalue weighted by molar-refractivity contribution is 7.07. The highest BCUT2D eigenvalue weighted by atomic mass is 32.1. The number of allylic oxidation sites excluding steroid dienone is 1. The van der Waals surface area contributed by atoms with Crippen LogP contribution in [0, 0.1) is 0 Å². The fourth-order valence-electron chi connectivity index (χ4n) is 6.29. The molecular formula is C41H35N3O6S. The number of carbonyl (C=O) groups is 1. The Morgan fingerprint density at radius 3 is 2.39 bits per heavy atom. The van der Waals surface area contributed by atoms with Gasteiger partial charge in [0.2, 0.25) is 0 Å². The maximum atomic E-state index is 14.4. The number of carbonyl (C=O) groups excluding carboxylic acids is 1. The molecule has 2 heterocycles. The maximum absolute atomic E-state index is 14.4. The second kappa shape index (κ2) is 14.4. The molecule has 0 aliphatic carbocycles. The molecule has 0 radical (unpaired) electrons. The van der Waals surface area contributed by atoms with Gasteiger partial charge >= 0.3 is 0 Å². The standard InChI is InChI=1S/C41H35N3O6S/c1-25-37(39(45)43-29-14-6-5-7-15-29)38(32-19-18-30(47-2)23-34(32)48-3)44-40(46)36(51-41(44)42-25)22-26-17-20-33(35(21-26)49-4)50-24-28-13-10-12-27-11-8-9-16-31(27)28/h5-23,38H,24H2,1-4H3,(H,43,45)/b36-22-/t38-/m1/s1. The molecule has 51 heavy (non-hydrogen) atoms. The molecule has 7 rings (SSSR count). The van der Waals surface area contributed by atoms with Crippen molar-refractivity contribution in [3.05, 3.63) is 157 Å². The van der Waals surface area contributed by atoms with Crippen LogP contribution in [-0.4, -0.2) is 31.8 Å². The molecule has 1 N–H and O–H groups in total. The molecule has 0 fully saturated rings. The number of thiazole rings is 1. The number of benzene rings is 5. The Bertz CT molecular complexity index is 2480. The Labute approximate surface area is 298 Å². The number of hydrogen-bond acceptors (Lipinski definition) is 8. The molecule has 1 atom stereocenters. The molecule has 0 saturated carbocycles. The largest absolute Gasteiger partial charge is 0.497 e. The minimum absolute atomic E-state index is 0.297. The molecule has 0 saturated heterocycles. The number of aromatic nitrogens is 1. The third-order valence-corrected chi connectivity index (χ3v) is 9.76. The third kappa shape index (κ3) is 6.61. The smallest absolute Gasteiger partial charge is 0.271 e. The SMILES string of the molecule is COc1ccc([C@@H]2C(C(=O)Nc3ccccc3)=C(C)N=c3s/c(=C\c4ccc(OCc5cccc6ccccc56)c(OC)c4)c(=O)n32)c(OC)c1. The van der Waals surface area contributed by atoms with Gasteiger partial charge in [0, 0.05) is 17.3 Å². The van der Waals surface area contributed by atoms with E-state index in [1.807, 2.05) is 60.7 Å². The molecule has 1 aromatic heterocycles. The van der Waals surface area contributed by atoms with Crippen LogP contribution in [0.3, 0.4) is 0 Å². The topological polar surface area (TPSA) is 100 Å². The summed E-state index contributed by atoms with van der Waals surface area (Å²) >= 11 is 1.25. The summed E-state index contributed by atoms with van der Waals surface area (Å²) in [4.78, 5) is 33.6. The fourth-order valence-corrected chi connectivity index (χ4v) is 7.34. The highest BCUT2D eigenvalue weighted by Gasteiger charge is 2.34. The van der Waals surface area contributed by atoms with E-state index in [-0.39, 0.29) is 11.5 Å². The first-order valence-electron chi connectivity index (χ1n) is 16.3. The summed E-state index contributed by atoms with van der Waals surface area (Å²) in [6, 6.07) is 33.6. The summed E-state index contributed by atoms with van der Waals surface area (Å²) in [6.45, 7) is 2.14. The Morgan fingerprint density at radius 2 is 1.61 bits per heavy atom. The second-order valence-electron chi connectivity index (χ2n) is 11.8. The van der Waals surface area contributed by atoms with Gasteiger partial charge < -0.3 is 24.3 Å². The average Bonchev–Trinajstić information content (AvgIpc) is 3.46. The lowest BCUT2D eigenvalue weighted by Crippen LogP contribution is -2.40. The molecule has 1 aliphatic rings. The molecule has 0 spiro atoms. The van der Waals surface area contributed by atoms with Crippen LogP contribution in [0.1, 0.15) is 29.7 Å². The summed E-state index contributed by atoms with van der Waals surface area (Å²) in [5.41, 5.74) is 3.58. The number of nitrogens with one attached hydrogen (secondary N) is 1. The van der Waals surface area contributed by atoms with Crippen LogP contribution in [0.5, 0.6) is 23.0 Å². The van der Waals surface area contributed by atoms with Gasteiger partial charge in [0.1, 0.15) is 24.1 Å². The van der Waals surface area contributed by atoms with E-state index in [2.05, 4.69) is 29.6 Å². The van der Waals surface area contributed by atoms with Crippen molar-refractivity contribution < 1.29 is 23.7 Å². The van der Waals surface area contributed by atoms with Crippen molar-refractivity contribution in [2.24, 2.45) is 4.99 Å². The lowest BCUT2D eigenvalue weighted by molar-refractivity contribution is -0.113. The first kappa shape index (κ1) is 33.4. The number of anilines is 1. The van der Waals surface area contributed by atoms with Gasteiger partial charge in [-0.1, -0.05) is 78.1 Å². The zero-order chi connectivity index (χ0) is 35.5. The van der Waals surface area contributed by atoms with Crippen LogP contribution in [0.4, 0.5) is 5.69 Å². The van der Waals surface area contributed by atoms with Gasteiger partial charge in [-0.3, -0.25) is 14.2 Å².